The van der Waals surface area contributed by atoms with Crippen molar-refractivity contribution in [2.24, 2.45) is 5.92 Å². The molecular formula is C15H30N2O2. The van der Waals surface area contributed by atoms with Crippen LogP contribution in [-0.2, 0) is 9.53 Å². The first-order chi connectivity index (χ1) is 9.01. The van der Waals surface area contributed by atoms with E-state index in [1.807, 2.05) is 11.8 Å². The van der Waals surface area contributed by atoms with Crippen LogP contribution in [0, 0.1) is 5.92 Å². The van der Waals surface area contributed by atoms with Crippen LogP contribution in [0.25, 0.3) is 0 Å². The Morgan fingerprint density at radius 3 is 2.53 bits per heavy atom. The maximum atomic E-state index is 12.5. The largest absolute Gasteiger partial charge is 0.380 e. The van der Waals surface area contributed by atoms with Crippen molar-refractivity contribution >= 4 is 5.91 Å². The summed E-state index contributed by atoms with van der Waals surface area (Å²) in [6.45, 7) is 11.9. The molecule has 0 aliphatic carbocycles. The van der Waals surface area contributed by atoms with Crippen LogP contribution in [0.5, 0.6) is 0 Å². The average molecular weight is 270 g/mol. The molecule has 1 aliphatic rings. The van der Waals surface area contributed by atoms with Gasteiger partial charge in [0, 0.05) is 6.61 Å². The number of carbonyl (C=O) groups excluding carboxylic acids is 1. The van der Waals surface area contributed by atoms with Crippen LogP contribution < -0.4 is 5.32 Å². The van der Waals surface area contributed by atoms with Crippen molar-refractivity contribution in [2.75, 3.05) is 13.2 Å². The van der Waals surface area contributed by atoms with Crippen LogP contribution in [-0.4, -0.2) is 42.3 Å². The topological polar surface area (TPSA) is 41.6 Å². The Labute approximate surface area is 117 Å². The summed E-state index contributed by atoms with van der Waals surface area (Å²) in [7, 11) is 0. The second kappa shape index (κ2) is 7.85. The van der Waals surface area contributed by atoms with Crippen molar-refractivity contribution in [2.45, 2.75) is 72.1 Å². The van der Waals surface area contributed by atoms with Crippen molar-refractivity contribution in [3.8, 4) is 0 Å². The third-order valence-corrected chi connectivity index (χ3v) is 3.59. The standard InChI is InChI=1S/C15H30N2O2/c1-6-8-13-15(18)17(12(5)10-19-7-2)14(16-13)9-11(3)4/h11-14,16H,6-10H2,1-5H3. The van der Waals surface area contributed by atoms with E-state index in [0.717, 1.165) is 19.3 Å². The number of hydrogen-bond acceptors (Lipinski definition) is 3. The van der Waals surface area contributed by atoms with Gasteiger partial charge in [-0.3, -0.25) is 10.1 Å². The minimum absolute atomic E-state index is 0.00201. The summed E-state index contributed by atoms with van der Waals surface area (Å²) in [5.41, 5.74) is 0. The third-order valence-electron chi connectivity index (χ3n) is 3.59. The van der Waals surface area contributed by atoms with Crippen LogP contribution in [0.4, 0.5) is 0 Å². The first kappa shape index (κ1) is 16.4. The van der Waals surface area contributed by atoms with Crippen LogP contribution in [0.2, 0.25) is 0 Å². The molecule has 4 nitrogen and oxygen atoms in total. The molecule has 1 heterocycles. The maximum absolute atomic E-state index is 12.5. The number of rotatable bonds is 8. The Balaban J connectivity index is 2.72. The van der Waals surface area contributed by atoms with Gasteiger partial charge < -0.3 is 9.64 Å². The minimum atomic E-state index is -0.00201. The quantitative estimate of drug-likeness (QED) is 0.736. The normalized spacial score (nSPS) is 25.4. The van der Waals surface area contributed by atoms with Gasteiger partial charge in [0.05, 0.1) is 24.9 Å². The van der Waals surface area contributed by atoms with Crippen LogP contribution in [0.3, 0.4) is 0 Å². The van der Waals surface area contributed by atoms with E-state index >= 15 is 0 Å². The second-order valence-electron chi connectivity index (χ2n) is 5.91. The van der Waals surface area contributed by atoms with Crippen LogP contribution in [0.15, 0.2) is 0 Å². The lowest BCUT2D eigenvalue weighted by molar-refractivity contribution is -0.133. The second-order valence-corrected chi connectivity index (χ2v) is 5.91. The smallest absolute Gasteiger partial charge is 0.241 e. The van der Waals surface area contributed by atoms with Crippen LogP contribution >= 0.6 is 0 Å². The molecule has 112 valence electrons. The highest BCUT2D eigenvalue weighted by Gasteiger charge is 2.40. The molecule has 4 heteroatoms. The Bertz CT molecular complexity index is 281. The van der Waals surface area contributed by atoms with Gasteiger partial charge in [0.15, 0.2) is 0 Å². The first-order valence-corrected chi connectivity index (χ1v) is 7.67. The van der Waals surface area contributed by atoms with Crippen LogP contribution in [0.1, 0.15) is 53.9 Å². The zero-order valence-corrected chi connectivity index (χ0v) is 13.1. The van der Waals surface area contributed by atoms with Crippen molar-refractivity contribution in [1.29, 1.82) is 0 Å². The summed E-state index contributed by atoms with van der Waals surface area (Å²) in [4.78, 5) is 14.5. The highest BCUT2D eigenvalue weighted by atomic mass is 16.5. The van der Waals surface area contributed by atoms with E-state index in [1.54, 1.807) is 0 Å². The van der Waals surface area contributed by atoms with E-state index in [-0.39, 0.29) is 24.2 Å². The highest BCUT2D eigenvalue weighted by Crippen LogP contribution is 2.22. The summed E-state index contributed by atoms with van der Waals surface area (Å²) < 4.78 is 5.48. The lowest BCUT2D eigenvalue weighted by atomic mass is 10.1. The molecule has 1 saturated heterocycles. The molecule has 1 aliphatic heterocycles. The average Bonchev–Trinajstić information content (AvgIpc) is 2.63. The molecule has 0 spiro atoms. The van der Waals surface area contributed by atoms with Gasteiger partial charge in [0.2, 0.25) is 5.91 Å². The molecule has 0 radical (unpaired) electrons. The van der Waals surface area contributed by atoms with Crippen molar-refractivity contribution in [3.05, 3.63) is 0 Å². The summed E-state index contributed by atoms with van der Waals surface area (Å²) in [5, 5.41) is 3.50. The fourth-order valence-electron chi connectivity index (χ4n) is 2.73. The van der Waals surface area contributed by atoms with Gasteiger partial charge in [-0.05, 0) is 32.6 Å². The van der Waals surface area contributed by atoms with E-state index in [2.05, 4.69) is 33.0 Å². The van der Waals surface area contributed by atoms with E-state index in [0.29, 0.717) is 19.1 Å². The van der Waals surface area contributed by atoms with Crippen molar-refractivity contribution in [1.82, 2.24) is 10.2 Å². The summed E-state index contributed by atoms with van der Waals surface area (Å²) >= 11 is 0. The monoisotopic (exact) mass is 270 g/mol. The Hall–Kier alpha value is -0.610. The number of nitrogens with one attached hydrogen (secondary N) is 1. The predicted octanol–water partition coefficient (Wildman–Crippen LogP) is 2.38. The molecule has 1 rings (SSSR count). The van der Waals surface area contributed by atoms with Gasteiger partial charge in [-0.25, -0.2) is 0 Å². The molecular weight excluding hydrogens is 240 g/mol. The molecule has 0 aromatic rings. The van der Waals surface area contributed by atoms with Crippen molar-refractivity contribution in [3.63, 3.8) is 0 Å². The highest BCUT2D eigenvalue weighted by molar-refractivity contribution is 5.84. The molecule has 0 aromatic heterocycles. The molecule has 1 N–H and O–H groups in total. The lowest BCUT2D eigenvalue weighted by Crippen LogP contribution is -2.46. The van der Waals surface area contributed by atoms with Gasteiger partial charge >= 0.3 is 0 Å². The van der Waals surface area contributed by atoms with Gasteiger partial charge in [-0.15, -0.1) is 0 Å². The fourth-order valence-corrected chi connectivity index (χ4v) is 2.73. The molecule has 3 atom stereocenters. The summed E-state index contributed by atoms with van der Waals surface area (Å²) in [6, 6.07) is 0.142. The van der Waals surface area contributed by atoms with E-state index < -0.39 is 0 Å². The molecule has 19 heavy (non-hydrogen) atoms. The number of nitrogens with zero attached hydrogens (tertiary/aromatic N) is 1. The van der Waals surface area contributed by atoms with Gasteiger partial charge in [0.1, 0.15) is 0 Å². The zero-order valence-electron chi connectivity index (χ0n) is 13.1. The zero-order chi connectivity index (χ0) is 14.4. The fraction of sp³-hybridized carbons (Fsp3) is 0.933. The van der Waals surface area contributed by atoms with Crippen molar-refractivity contribution < 1.29 is 9.53 Å². The number of carbonyl (C=O) groups is 1. The third kappa shape index (κ3) is 4.46. The Kier molecular flexibility index (Phi) is 6.80. The number of ether oxygens (including phenoxy) is 1. The SMILES string of the molecule is CCCC1NC(CC(C)C)N(C(C)COCC)C1=O. The predicted molar refractivity (Wildman–Crippen MR) is 77.9 cm³/mol. The molecule has 0 aromatic carbocycles. The van der Waals surface area contributed by atoms with Gasteiger partial charge in [0.25, 0.3) is 0 Å². The molecule has 1 amide bonds. The number of amides is 1. The summed E-state index contributed by atoms with van der Waals surface area (Å²) in [6.07, 6.45) is 3.12. The molecule has 1 fully saturated rings. The lowest BCUT2D eigenvalue weighted by Gasteiger charge is -2.31. The Morgan fingerprint density at radius 2 is 2.00 bits per heavy atom. The van der Waals surface area contributed by atoms with Gasteiger partial charge in [-0.2, -0.15) is 0 Å². The van der Waals surface area contributed by atoms with Gasteiger partial charge in [-0.1, -0.05) is 27.2 Å². The molecule has 0 bridgehead atoms. The van der Waals surface area contributed by atoms with E-state index in [9.17, 15) is 4.79 Å². The minimum Gasteiger partial charge on any atom is -0.380 e. The molecule has 0 saturated carbocycles. The number of hydrogen-bond donors (Lipinski definition) is 1. The molecule has 3 unspecified atom stereocenters. The Morgan fingerprint density at radius 1 is 1.32 bits per heavy atom. The maximum Gasteiger partial charge on any atom is 0.241 e. The summed E-state index contributed by atoms with van der Waals surface area (Å²) in [5.74, 6) is 0.826. The van der Waals surface area contributed by atoms with E-state index in [4.69, 9.17) is 4.74 Å². The first-order valence-electron chi connectivity index (χ1n) is 7.67. The van der Waals surface area contributed by atoms with E-state index in [1.165, 1.54) is 0 Å².